The van der Waals surface area contributed by atoms with Gasteiger partial charge in [0.2, 0.25) is 0 Å². The number of amides is 2. The van der Waals surface area contributed by atoms with E-state index in [0.29, 0.717) is 19.1 Å². The lowest BCUT2D eigenvalue weighted by Crippen LogP contribution is -2.42. The Morgan fingerprint density at radius 3 is 2.55 bits per heavy atom. The first-order valence-corrected chi connectivity index (χ1v) is 8.00. The Kier molecular flexibility index (Phi) is 6.40. The molecule has 0 unspecified atom stereocenters. The molecule has 2 rings (SSSR count). The summed E-state index contributed by atoms with van der Waals surface area (Å²) in [5.41, 5.74) is 2.15. The smallest absolute Gasteiger partial charge is 0.309 e. The van der Waals surface area contributed by atoms with Crippen molar-refractivity contribution in [3.05, 3.63) is 35.4 Å². The van der Waals surface area contributed by atoms with E-state index in [1.807, 2.05) is 31.2 Å². The molecule has 1 fully saturated rings. The first-order valence-electron chi connectivity index (χ1n) is 8.00. The predicted octanol–water partition coefficient (Wildman–Crippen LogP) is 1.26. The maximum absolute atomic E-state index is 11.7. The van der Waals surface area contributed by atoms with Crippen molar-refractivity contribution in [1.82, 2.24) is 16.0 Å². The van der Waals surface area contributed by atoms with Crippen molar-refractivity contribution < 1.29 is 9.59 Å². The van der Waals surface area contributed by atoms with E-state index in [4.69, 9.17) is 0 Å². The van der Waals surface area contributed by atoms with Crippen LogP contribution >= 0.6 is 0 Å². The summed E-state index contributed by atoms with van der Waals surface area (Å²) in [7, 11) is 0. The first kappa shape index (κ1) is 16.5. The predicted molar refractivity (Wildman–Crippen MR) is 86.3 cm³/mol. The number of aryl methyl sites for hydroxylation is 1. The summed E-state index contributed by atoms with van der Waals surface area (Å²) in [6.07, 6.45) is 4.49. The summed E-state index contributed by atoms with van der Waals surface area (Å²) in [6, 6.07) is 8.33. The van der Waals surface area contributed by atoms with E-state index >= 15 is 0 Å². The van der Waals surface area contributed by atoms with Crippen LogP contribution in [0.3, 0.4) is 0 Å². The highest BCUT2D eigenvalue weighted by Crippen LogP contribution is 2.09. The molecule has 1 atom stereocenters. The quantitative estimate of drug-likeness (QED) is 0.717. The second-order valence-electron chi connectivity index (χ2n) is 5.86. The van der Waals surface area contributed by atoms with Crippen LogP contribution in [0.5, 0.6) is 0 Å². The Morgan fingerprint density at radius 2 is 1.86 bits per heavy atom. The molecule has 1 aromatic rings. The standard InChI is InChI=1S/C17H25N3O2/c1-13-5-7-14(8-6-13)12-20-17(22)16(21)19-11-9-15-4-2-3-10-18-15/h5-8,15,18H,2-4,9-12H2,1H3,(H,19,21)(H,20,22)/t15-/m1/s1. The average molecular weight is 303 g/mol. The van der Waals surface area contributed by atoms with Crippen LogP contribution in [0.25, 0.3) is 0 Å². The van der Waals surface area contributed by atoms with E-state index < -0.39 is 11.8 Å². The average Bonchev–Trinajstić information content (AvgIpc) is 2.55. The van der Waals surface area contributed by atoms with E-state index in [1.165, 1.54) is 18.4 Å². The number of benzene rings is 1. The van der Waals surface area contributed by atoms with Gasteiger partial charge in [0.05, 0.1) is 0 Å². The molecule has 1 aromatic carbocycles. The molecule has 0 aromatic heterocycles. The SMILES string of the molecule is Cc1ccc(CNC(=O)C(=O)NCC[C@H]2CCCCN2)cc1. The minimum atomic E-state index is -0.572. The van der Waals surface area contributed by atoms with Gasteiger partial charge in [-0.15, -0.1) is 0 Å². The van der Waals surface area contributed by atoms with Gasteiger partial charge < -0.3 is 16.0 Å². The Morgan fingerprint density at radius 1 is 1.14 bits per heavy atom. The van der Waals surface area contributed by atoms with Gasteiger partial charge in [0.1, 0.15) is 0 Å². The highest BCUT2D eigenvalue weighted by molar-refractivity contribution is 6.35. The van der Waals surface area contributed by atoms with Crippen molar-refractivity contribution >= 4 is 11.8 Å². The van der Waals surface area contributed by atoms with Crippen molar-refractivity contribution in [2.24, 2.45) is 0 Å². The Hall–Kier alpha value is -1.88. The molecule has 0 radical (unpaired) electrons. The van der Waals surface area contributed by atoms with Crippen molar-refractivity contribution in [2.75, 3.05) is 13.1 Å². The molecular formula is C17H25N3O2. The number of hydrogen-bond acceptors (Lipinski definition) is 3. The summed E-state index contributed by atoms with van der Waals surface area (Å²) in [5, 5.41) is 8.75. The summed E-state index contributed by atoms with van der Waals surface area (Å²) >= 11 is 0. The van der Waals surface area contributed by atoms with Gasteiger partial charge in [-0.1, -0.05) is 36.2 Å². The Labute approximate surface area is 131 Å². The second-order valence-corrected chi connectivity index (χ2v) is 5.86. The fourth-order valence-electron chi connectivity index (χ4n) is 2.58. The molecule has 120 valence electrons. The van der Waals surface area contributed by atoms with Crippen LogP contribution in [0, 0.1) is 6.92 Å². The minimum absolute atomic E-state index is 0.372. The third-order valence-electron chi connectivity index (χ3n) is 3.97. The zero-order chi connectivity index (χ0) is 15.8. The summed E-state index contributed by atoms with van der Waals surface area (Å²) in [5.74, 6) is -1.12. The van der Waals surface area contributed by atoms with E-state index in [-0.39, 0.29) is 0 Å². The van der Waals surface area contributed by atoms with Gasteiger partial charge >= 0.3 is 11.8 Å². The van der Waals surface area contributed by atoms with Crippen LogP contribution in [-0.2, 0) is 16.1 Å². The molecule has 5 heteroatoms. The zero-order valence-corrected chi connectivity index (χ0v) is 13.2. The summed E-state index contributed by atoms with van der Waals surface area (Å²) in [4.78, 5) is 23.4. The van der Waals surface area contributed by atoms with Crippen molar-refractivity contribution in [3.8, 4) is 0 Å². The van der Waals surface area contributed by atoms with Gasteiger partial charge in [-0.2, -0.15) is 0 Å². The number of piperidine rings is 1. The molecule has 1 saturated heterocycles. The number of nitrogens with one attached hydrogen (secondary N) is 3. The lowest BCUT2D eigenvalue weighted by molar-refractivity contribution is -0.139. The molecule has 1 aliphatic heterocycles. The second kappa shape index (κ2) is 8.54. The van der Waals surface area contributed by atoms with E-state index in [1.54, 1.807) is 0 Å². The number of hydrogen-bond donors (Lipinski definition) is 3. The number of rotatable bonds is 5. The van der Waals surface area contributed by atoms with Crippen LogP contribution in [0.1, 0.15) is 36.8 Å². The van der Waals surface area contributed by atoms with Crippen LogP contribution in [0.2, 0.25) is 0 Å². The normalized spacial score (nSPS) is 17.8. The lowest BCUT2D eigenvalue weighted by Gasteiger charge is -2.23. The molecule has 5 nitrogen and oxygen atoms in total. The minimum Gasteiger partial charge on any atom is -0.348 e. The third kappa shape index (κ3) is 5.48. The number of carbonyl (C=O) groups excluding carboxylic acids is 2. The molecule has 3 N–H and O–H groups in total. The fraction of sp³-hybridized carbons (Fsp3) is 0.529. The molecule has 1 aliphatic rings. The highest BCUT2D eigenvalue weighted by Gasteiger charge is 2.15. The first-order chi connectivity index (χ1) is 10.6. The molecular weight excluding hydrogens is 278 g/mol. The van der Waals surface area contributed by atoms with Gasteiger partial charge in [-0.3, -0.25) is 9.59 Å². The van der Waals surface area contributed by atoms with Gasteiger partial charge in [-0.25, -0.2) is 0 Å². The zero-order valence-electron chi connectivity index (χ0n) is 13.2. The van der Waals surface area contributed by atoms with Crippen molar-refractivity contribution in [2.45, 2.75) is 45.2 Å². The third-order valence-corrected chi connectivity index (χ3v) is 3.97. The molecule has 0 saturated carbocycles. The molecule has 0 aliphatic carbocycles. The van der Waals surface area contributed by atoms with E-state index in [9.17, 15) is 9.59 Å². The van der Waals surface area contributed by atoms with Crippen LogP contribution in [0.4, 0.5) is 0 Å². The molecule has 2 amide bonds. The molecule has 1 heterocycles. The summed E-state index contributed by atoms with van der Waals surface area (Å²) in [6.45, 7) is 3.97. The monoisotopic (exact) mass is 303 g/mol. The maximum Gasteiger partial charge on any atom is 0.309 e. The van der Waals surface area contributed by atoms with Crippen molar-refractivity contribution in [1.29, 1.82) is 0 Å². The van der Waals surface area contributed by atoms with Gasteiger partial charge in [0, 0.05) is 19.1 Å². The maximum atomic E-state index is 11.7. The van der Waals surface area contributed by atoms with Crippen LogP contribution in [0.15, 0.2) is 24.3 Å². The van der Waals surface area contributed by atoms with E-state index in [2.05, 4.69) is 16.0 Å². The molecule has 22 heavy (non-hydrogen) atoms. The van der Waals surface area contributed by atoms with Gasteiger partial charge in [0.15, 0.2) is 0 Å². The van der Waals surface area contributed by atoms with Crippen LogP contribution < -0.4 is 16.0 Å². The molecule has 0 bridgehead atoms. The lowest BCUT2D eigenvalue weighted by atomic mass is 10.0. The van der Waals surface area contributed by atoms with Crippen molar-refractivity contribution in [3.63, 3.8) is 0 Å². The Balaban J connectivity index is 1.63. The Bertz CT molecular complexity index is 493. The largest absolute Gasteiger partial charge is 0.348 e. The van der Waals surface area contributed by atoms with Gasteiger partial charge in [0.25, 0.3) is 0 Å². The topological polar surface area (TPSA) is 70.2 Å². The fourth-order valence-corrected chi connectivity index (χ4v) is 2.58. The van der Waals surface area contributed by atoms with E-state index in [0.717, 1.165) is 24.9 Å². The highest BCUT2D eigenvalue weighted by atomic mass is 16.2. The van der Waals surface area contributed by atoms with Gasteiger partial charge in [-0.05, 0) is 38.3 Å². The molecule has 0 spiro atoms. The number of carbonyl (C=O) groups is 2. The van der Waals surface area contributed by atoms with Crippen LogP contribution in [-0.4, -0.2) is 30.9 Å². The summed E-state index contributed by atoms with van der Waals surface area (Å²) < 4.78 is 0.